The predicted molar refractivity (Wildman–Crippen MR) is 77.4 cm³/mol. The second-order valence-corrected chi connectivity index (χ2v) is 6.06. The number of carbonyl (C=O) groups excluding carboxylic acids is 2. The molecule has 2 fully saturated rings. The van der Waals surface area contributed by atoms with E-state index in [-0.39, 0.29) is 24.2 Å². The number of amides is 1. The number of carbonyl (C=O) groups is 2. The minimum absolute atomic E-state index is 0.0547. The first-order valence-corrected chi connectivity index (χ1v) is 7.61. The number of nitrogens with one attached hydrogen (secondary N) is 1. The molecule has 116 valence electrons. The molecule has 0 spiro atoms. The fourth-order valence-electron chi connectivity index (χ4n) is 3.56. The van der Waals surface area contributed by atoms with E-state index in [0.717, 1.165) is 36.2 Å². The van der Waals surface area contributed by atoms with Gasteiger partial charge >= 0.3 is 12.1 Å². The second kappa shape index (κ2) is 4.98. The minimum Gasteiger partial charge on any atom is -0.457 e. The number of benzene rings is 1. The number of piperidine rings is 1. The van der Waals surface area contributed by atoms with E-state index in [4.69, 9.17) is 9.47 Å². The van der Waals surface area contributed by atoms with E-state index in [1.807, 2.05) is 17.9 Å². The van der Waals surface area contributed by atoms with Crippen LogP contribution in [0.3, 0.4) is 0 Å². The maximum absolute atomic E-state index is 12.1. The lowest BCUT2D eigenvalue weighted by Gasteiger charge is -2.29. The van der Waals surface area contributed by atoms with Gasteiger partial charge in [-0.2, -0.15) is 0 Å². The predicted octanol–water partition coefficient (Wildman–Crippen LogP) is 1.35. The van der Waals surface area contributed by atoms with Crippen molar-refractivity contribution in [2.24, 2.45) is 0 Å². The normalized spacial score (nSPS) is 26.5. The quantitative estimate of drug-likeness (QED) is 0.835. The van der Waals surface area contributed by atoms with Crippen LogP contribution in [0, 0.1) is 6.92 Å². The van der Waals surface area contributed by atoms with Gasteiger partial charge in [0.15, 0.2) is 0 Å². The van der Waals surface area contributed by atoms with Crippen molar-refractivity contribution in [1.29, 1.82) is 0 Å². The molecular weight excluding hydrogens is 284 g/mol. The summed E-state index contributed by atoms with van der Waals surface area (Å²) in [6.45, 7) is 4.46. The number of hydrogen-bond donors (Lipinski definition) is 1. The van der Waals surface area contributed by atoms with Crippen LogP contribution in [0.4, 0.5) is 4.79 Å². The Labute approximate surface area is 128 Å². The maximum Gasteiger partial charge on any atom is 0.410 e. The number of fused-ring (bicyclic) bond motifs is 2. The van der Waals surface area contributed by atoms with Gasteiger partial charge in [0.25, 0.3) is 0 Å². The molecule has 3 aliphatic rings. The first-order chi connectivity index (χ1) is 10.6. The molecule has 3 aliphatic heterocycles. The van der Waals surface area contributed by atoms with Gasteiger partial charge in [0.2, 0.25) is 0 Å². The Morgan fingerprint density at radius 1 is 1.36 bits per heavy atom. The van der Waals surface area contributed by atoms with Gasteiger partial charge in [-0.1, -0.05) is 6.07 Å². The van der Waals surface area contributed by atoms with Gasteiger partial charge in [0.05, 0.1) is 11.6 Å². The van der Waals surface area contributed by atoms with Gasteiger partial charge < -0.3 is 14.8 Å². The minimum atomic E-state index is -0.261. The van der Waals surface area contributed by atoms with Gasteiger partial charge in [0.1, 0.15) is 12.7 Å². The summed E-state index contributed by atoms with van der Waals surface area (Å²) in [6, 6.07) is 3.86. The monoisotopic (exact) mass is 302 g/mol. The highest BCUT2D eigenvalue weighted by molar-refractivity contribution is 5.93. The van der Waals surface area contributed by atoms with E-state index >= 15 is 0 Å². The average Bonchev–Trinajstić information content (AvgIpc) is 3.04. The van der Waals surface area contributed by atoms with Crippen LogP contribution in [0.1, 0.15) is 33.5 Å². The molecular formula is C16H18N2O4. The van der Waals surface area contributed by atoms with Crippen molar-refractivity contribution >= 4 is 12.1 Å². The molecule has 1 aromatic rings. The molecule has 1 aromatic carbocycles. The smallest absolute Gasteiger partial charge is 0.410 e. The van der Waals surface area contributed by atoms with E-state index in [2.05, 4.69) is 5.32 Å². The van der Waals surface area contributed by atoms with Gasteiger partial charge in [-0.3, -0.25) is 4.90 Å². The van der Waals surface area contributed by atoms with Gasteiger partial charge in [0, 0.05) is 18.7 Å². The van der Waals surface area contributed by atoms with Crippen LogP contribution in [-0.2, 0) is 22.6 Å². The third-order valence-corrected chi connectivity index (χ3v) is 4.90. The molecule has 6 nitrogen and oxygen atoms in total. The Bertz CT molecular complexity index is 658. The van der Waals surface area contributed by atoms with E-state index < -0.39 is 0 Å². The first kappa shape index (κ1) is 13.6. The summed E-state index contributed by atoms with van der Waals surface area (Å²) >= 11 is 0. The van der Waals surface area contributed by atoms with Crippen LogP contribution >= 0.6 is 0 Å². The van der Waals surface area contributed by atoms with Gasteiger partial charge in [-0.25, -0.2) is 9.59 Å². The summed E-state index contributed by atoms with van der Waals surface area (Å²) in [6.07, 6.45) is 0.606. The van der Waals surface area contributed by atoms with Crippen LogP contribution in [0.2, 0.25) is 0 Å². The zero-order valence-electron chi connectivity index (χ0n) is 12.4. The summed E-state index contributed by atoms with van der Waals surface area (Å²) in [5.74, 6) is -0.261. The Morgan fingerprint density at radius 2 is 2.23 bits per heavy atom. The lowest BCUT2D eigenvalue weighted by Crippen LogP contribution is -2.47. The topological polar surface area (TPSA) is 67.9 Å². The Hall–Kier alpha value is -2.08. The molecule has 22 heavy (non-hydrogen) atoms. The van der Waals surface area contributed by atoms with Crippen LogP contribution in [0.25, 0.3) is 0 Å². The van der Waals surface area contributed by atoms with E-state index in [9.17, 15) is 9.59 Å². The van der Waals surface area contributed by atoms with Crippen molar-refractivity contribution in [2.45, 2.75) is 38.6 Å². The first-order valence-electron chi connectivity index (χ1n) is 7.61. The van der Waals surface area contributed by atoms with Crippen molar-refractivity contribution in [3.63, 3.8) is 0 Å². The molecule has 3 heterocycles. The number of hydrogen-bond acceptors (Lipinski definition) is 5. The summed E-state index contributed by atoms with van der Waals surface area (Å²) in [7, 11) is 0. The van der Waals surface area contributed by atoms with Crippen LogP contribution in [0.5, 0.6) is 0 Å². The zero-order valence-corrected chi connectivity index (χ0v) is 12.4. The zero-order chi connectivity index (χ0) is 15.3. The SMILES string of the molecule is Cc1c(CN2C(=O)O[C@@H]3CNCC[C@H]32)ccc2c1COC2=O. The Kier molecular flexibility index (Phi) is 3.07. The van der Waals surface area contributed by atoms with E-state index in [0.29, 0.717) is 18.7 Å². The maximum atomic E-state index is 12.1. The summed E-state index contributed by atoms with van der Waals surface area (Å²) in [5, 5.41) is 3.25. The molecule has 0 bridgehead atoms. The van der Waals surface area contributed by atoms with Crippen molar-refractivity contribution in [3.8, 4) is 0 Å². The highest BCUT2D eigenvalue weighted by Crippen LogP contribution is 2.30. The molecule has 2 atom stereocenters. The molecule has 0 unspecified atom stereocenters. The van der Waals surface area contributed by atoms with E-state index in [1.165, 1.54) is 0 Å². The largest absolute Gasteiger partial charge is 0.457 e. The van der Waals surface area contributed by atoms with Crippen LogP contribution in [-0.4, -0.2) is 42.2 Å². The molecule has 0 aromatic heterocycles. The Morgan fingerprint density at radius 3 is 3.09 bits per heavy atom. The van der Waals surface area contributed by atoms with Gasteiger partial charge in [-0.15, -0.1) is 0 Å². The lowest BCUT2D eigenvalue weighted by atomic mass is 9.97. The van der Waals surface area contributed by atoms with Crippen LogP contribution < -0.4 is 5.32 Å². The Balaban J connectivity index is 1.61. The number of nitrogens with zero attached hydrogens (tertiary/aromatic N) is 1. The third kappa shape index (κ3) is 1.98. The highest BCUT2D eigenvalue weighted by Gasteiger charge is 2.43. The van der Waals surface area contributed by atoms with Crippen molar-refractivity contribution in [3.05, 3.63) is 34.4 Å². The van der Waals surface area contributed by atoms with Crippen molar-refractivity contribution < 1.29 is 19.1 Å². The summed E-state index contributed by atoms with van der Waals surface area (Å²) in [5.41, 5.74) is 3.67. The average molecular weight is 302 g/mol. The number of esters is 1. The van der Waals surface area contributed by atoms with Crippen molar-refractivity contribution in [2.75, 3.05) is 13.1 Å². The molecule has 4 rings (SSSR count). The molecule has 1 N–H and O–H groups in total. The molecule has 0 radical (unpaired) electrons. The number of rotatable bonds is 2. The summed E-state index contributed by atoms with van der Waals surface area (Å²) < 4.78 is 10.5. The fraction of sp³-hybridized carbons (Fsp3) is 0.500. The fourth-order valence-corrected chi connectivity index (χ4v) is 3.56. The second-order valence-electron chi connectivity index (χ2n) is 6.06. The lowest BCUT2D eigenvalue weighted by molar-refractivity contribution is 0.0535. The van der Waals surface area contributed by atoms with Crippen LogP contribution in [0.15, 0.2) is 12.1 Å². The molecule has 0 aliphatic carbocycles. The van der Waals surface area contributed by atoms with Gasteiger partial charge in [-0.05, 0) is 37.1 Å². The highest BCUT2D eigenvalue weighted by atomic mass is 16.6. The summed E-state index contributed by atoms with van der Waals surface area (Å²) in [4.78, 5) is 25.6. The van der Waals surface area contributed by atoms with Crippen molar-refractivity contribution in [1.82, 2.24) is 10.2 Å². The molecule has 2 saturated heterocycles. The molecule has 6 heteroatoms. The molecule has 1 amide bonds. The number of cyclic esters (lactones) is 1. The third-order valence-electron chi connectivity index (χ3n) is 4.90. The van der Waals surface area contributed by atoms with E-state index in [1.54, 1.807) is 6.07 Å². The number of ether oxygens (including phenoxy) is 2. The standard InChI is InChI=1S/C16H18N2O4/c1-9-10(2-3-11-12(9)8-21-15(11)19)7-18-13-4-5-17-6-14(13)22-16(18)20/h2-3,13-14,17H,4-8H2,1H3/t13-,14-/m1/s1. The molecule has 0 saturated carbocycles.